The maximum absolute atomic E-state index is 12.9. The number of ether oxygens (including phenoxy) is 1. The Kier molecular flexibility index (Phi) is 8.33. The number of aromatic nitrogens is 5. The van der Waals surface area contributed by atoms with E-state index in [0.717, 1.165) is 33.6 Å². The average molecular weight is 565 g/mol. The van der Waals surface area contributed by atoms with Crippen LogP contribution in [0.5, 0.6) is 5.75 Å². The Labute approximate surface area is 245 Å². The van der Waals surface area contributed by atoms with Gasteiger partial charge in [0.25, 0.3) is 0 Å². The van der Waals surface area contributed by atoms with Crippen molar-refractivity contribution in [3.63, 3.8) is 0 Å². The van der Waals surface area contributed by atoms with E-state index in [1.54, 1.807) is 17.1 Å². The van der Waals surface area contributed by atoms with Crippen LogP contribution >= 0.6 is 0 Å². The summed E-state index contributed by atoms with van der Waals surface area (Å²) in [4.78, 5) is 26.3. The van der Waals surface area contributed by atoms with E-state index < -0.39 is 0 Å². The Morgan fingerprint density at radius 3 is 2.48 bits per heavy atom. The molecule has 0 aliphatic carbocycles. The van der Waals surface area contributed by atoms with Gasteiger partial charge in [-0.1, -0.05) is 51.1 Å². The molecule has 0 bridgehead atoms. The van der Waals surface area contributed by atoms with Crippen LogP contribution < -0.4 is 20.7 Å². The van der Waals surface area contributed by atoms with Crippen LogP contribution in [-0.2, 0) is 18.9 Å². The number of carbonyl (C=O) groups is 1. The molecule has 0 fully saturated rings. The number of benzene rings is 2. The van der Waals surface area contributed by atoms with Crippen LogP contribution in [0.3, 0.4) is 0 Å². The highest BCUT2D eigenvalue weighted by Crippen LogP contribution is 2.32. The summed E-state index contributed by atoms with van der Waals surface area (Å²) < 4.78 is 7.86. The molecule has 0 aliphatic rings. The van der Waals surface area contributed by atoms with E-state index >= 15 is 0 Å². The third-order valence-corrected chi connectivity index (χ3v) is 6.83. The fourth-order valence-electron chi connectivity index (χ4n) is 4.50. The van der Waals surface area contributed by atoms with Gasteiger partial charge in [0, 0.05) is 53.8 Å². The van der Waals surface area contributed by atoms with Gasteiger partial charge in [-0.3, -0.25) is 15.0 Å². The first-order chi connectivity index (χ1) is 20.2. The first-order valence-corrected chi connectivity index (χ1v) is 13.9. The fourth-order valence-corrected chi connectivity index (χ4v) is 4.50. The van der Waals surface area contributed by atoms with E-state index in [0.29, 0.717) is 30.5 Å². The van der Waals surface area contributed by atoms with Gasteiger partial charge in [0.2, 0.25) is 5.95 Å². The third kappa shape index (κ3) is 6.83. The van der Waals surface area contributed by atoms with E-state index in [2.05, 4.69) is 56.8 Å². The number of nitrogens with one attached hydrogen (secondary N) is 3. The lowest BCUT2D eigenvalue weighted by molar-refractivity contribution is 0.262. The van der Waals surface area contributed by atoms with E-state index in [9.17, 15) is 4.79 Å². The molecule has 0 saturated heterocycles. The van der Waals surface area contributed by atoms with Crippen LogP contribution in [0.15, 0.2) is 79.1 Å². The highest BCUT2D eigenvalue weighted by Gasteiger charge is 2.20. The van der Waals surface area contributed by atoms with E-state index in [1.165, 1.54) is 0 Å². The maximum atomic E-state index is 12.9. The molecule has 216 valence electrons. The van der Waals surface area contributed by atoms with Crippen LogP contribution in [0.4, 0.5) is 22.2 Å². The van der Waals surface area contributed by atoms with Crippen LogP contribution in [0.25, 0.3) is 10.8 Å². The molecule has 10 nitrogen and oxygen atoms in total. The van der Waals surface area contributed by atoms with E-state index in [1.807, 2.05) is 80.7 Å². The van der Waals surface area contributed by atoms with Crippen molar-refractivity contribution in [2.75, 3.05) is 22.6 Å². The van der Waals surface area contributed by atoms with Crippen molar-refractivity contribution in [3.05, 3.63) is 96.2 Å². The van der Waals surface area contributed by atoms with Crippen LogP contribution in [0.2, 0.25) is 0 Å². The van der Waals surface area contributed by atoms with Crippen molar-refractivity contribution >= 4 is 34.3 Å². The Morgan fingerprint density at radius 1 is 0.952 bits per heavy atom. The van der Waals surface area contributed by atoms with Crippen molar-refractivity contribution in [1.29, 1.82) is 0 Å². The number of carbonyl (C=O) groups excluding carboxylic acids is 1. The number of fused-ring (bicyclic) bond motifs is 1. The number of nitrogens with zero attached hydrogens (tertiary/aromatic N) is 5. The zero-order valence-corrected chi connectivity index (χ0v) is 24.5. The summed E-state index contributed by atoms with van der Waals surface area (Å²) in [5, 5.41) is 15.5. The Balaban J connectivity index is 1.22. The van der Waals surface area contributed by atoms with E-state index in [-0.39, 0.29) is 17.5 Å². The third-order valence-electron chi connectivity index (χ3n) is 6.83. The second-order valence-electron chi connectivity index (χ2n) is 11.1. The minimum Gasteiger partial charge on any atom is -0.493 e. The fraction of sp³-hybridized carbons (Fsp3) is 0.281. The normalized spacial score (nSPS) is 12.1. The molecule has 3 aromatic heterocycles. The minimum absolute atomic E-state index is 0.0247. The van der Waals surface area contributed by atoms with Crippen molar-refractivity contribution in [2.45, 2.75) is 45.6 Å². The minimum atomic E-state index is -0.345. The SMILES string of the molecule is CC(Nc1nccc(CCOc2ccc(NC(=O)Nc3cc(C(C)(C)C)nn3C)c3ccccc23)n1)c1ccccn1. The van der Waals surface area contributed by atoms with Crippen molar-refractivity contribution in [1.82, 2.24) is 24.7 Å². The second-order valence-corrected chi connectivity index (χ2v) is 11.1. The molecule has 3 N–H and O–H groups in total. The van der Waals surface area contributed by atoms with Crippen LogP contribution in [-0.4, -0.2) is 37.4 Å². The first kappa shape index (κ1) is 28.5. The predicted octanol–water partition coefficient (Wildman–Crippen LogP) is 6.49. The summed E-state index contributed by atoms with van der Waals surface area (Å²) >= 11 is 0. The van der Waals surface area contributed by atoms with Gasteiger partial charge >= 0.3 is 6.03 Å². The topological polar surface area (TPSA) is 119 Å². The van der Waals surface area contributed by atoms with Gasteiger partial charge in [0.05, 0.1) is 29.7 Å². The summed E-state index contributed by atoms with van der Waals surface area (Å²) in [6.45, 7) is 8.71. The second kappa shape index (κ2) is 12.3. The van der Waals surface area contributed by atoms with Gasteiger partial charge < -0.3 is 15.4 Å². The standard InChI is InChI=1S/C32H36N8O2/c1-21(25-12-8-9-17-33-25)35-30-34-18-15-22(36-30)16-19-42-27-14-13-26(23-10-6-7-11-24(23)27)37-31(41)38-29-20-28(32(2,3)4)39-40(29)5/h6-15,17-18,20-21H,16,19H2,1-5H3,(H,34,35,36)(H2,37,38,41). The molecule has 5 aromatic rings. The smallest absolute Gasteiger partial charge is 0.324 e. The number of rotatable bonds is 9. The lowest BCUT2D eigenvalue weighted by Gasteiger charge is -2.15. The lowest BCUT2D eigenvalue weighted by atomic mass is 9.92. The number of hydrogen-bond acceptors (Lipinski definition) is 7. The molecule has 10 heteroatoms. The van der Waals surface area contributed by atoms with Crippen molar-refractivity contribution in [2.24, 2.45) is 7.05 Å². The summed E-state index contributed by atoms with van der Waals surface area (Å²) in [5.74, 6) is 1.90. The summed E-state index contributed by atoms with van der Waals surface area (Å²) in [7, 11) is 1.81. The molecule has 0 aliphatic heterocycles. The molecule has 1 atom stereocenters. The van der Waals surface area contributed by atoms with Gasteiger partial charge in [-0.25, -0.2) is 14.8 Å². The molecule has 2 aromatic carbocycles. The largest absolute Gasteiger partial charge is 0.493 e. The zero-order chi connectivity index (χ0) is 29.7. The Hall–Kier alpha value is -4.99. The van der Waals surface area contributed by atoms with Crippen molar-refractivity contribution in [3.8, 4) is 5.75 Å². The monoisotopic (exact) mass is 564 g/mol. The molecule has 42 heavy (non-hydrogen) atoms. The Bertz CT molecular complexity index is 1680. The molecule has 1 unspecified atom stereocenters. The highest BCUT2D eigenvalue weighted by molar-refractivity contribution is 6.07. The summed E-state index contributed by atoms with van der Waals surface area (Å²) in [6, 6.07) is 20.8. The van der Waals surface area contributed by atoms with E-state index in [4.69, 9.17) is 4.74 Å². The molecular formula is C32H36N8O2. The Morgan fingerprint density at radius 2 is 1.74 bits per heavy atom. The van der Waals surface area contributed by atoms with Gasteiger partial charge in [-0.05, 0) is 37.3 Å². The number of pyridine rings is 1. The predicted molar refractivity (Wildman–Crippen MR) is 166 cm³/mol. The molecule has 3 heterocycles. The average Bonchev–Trinajstić information content (AvgIpc) is 3.35. The number of amides is 2. The summed E-state index contributed by atoms with van der Waals surface area (Å²) in [6.07, 6.45) is 4.12. The van der Waals surface area contributed by atoms with Gasteiger partial charge in [-0.15, -0.1) is 0 Å². The highest BCUT2D eigenvalue weighted by atomic mass is 16.5. The molecule has 0 radical (unpaired) electrons. The number of aryl methyl sites for hydroxylation is 1. The number of urea groups is 1. The number of hydrogen-bond donors (Lipinski definition) is 3. The van der Waals surface area contributed by atoms with Crippen LogP contribution in [0, 0.1) is 0 Å². The maximum Gasteiger partial charge on any atom is 0.324 e. The summed E-state index contributed by atoms with van der Waals surface area (Å²) in [5.41, 5.74) is 3.25. The zero-order valence-electron chi connectivity index (χ0n) is 24.5. The molecule has 0 spiro atoms. The quantitative estimate of drug-likeness (QED) is 0.187. The molecular weight excluding hydrogens is 528 g/mol. The molecule has 5 rings (SSSR count). The number of anilines is 3. The molecule has 0 saturated carbocycles. The lowest BCUT2D eigenvalue weighted by Crippen LogP contribution is -2.21. The van der Waals surface area contributed by atoms with Crippen molar-refractivity contribution < 1.29 is 9.53 Å². The van der Waals surface area contributed by atoms with Gasteiger partial charge in [0.1, 0.15) is 11.6 Å². The molecule has 2 amide bonds. The van der Waals surface area contributed by atoms with Gasteiger partial charge in [0.15, 0.2) is 0 Å². The van der Waals surface area contributed by atoms with Crippen LogP contribution in [0.1, 0.15) is 50.8 Å². The van der Waals surface area contributed by atoms with Gasteiger partial charge in [-0.2, -0.15) is 5.10 Å². The first-order valence-electron chi connectivity index (χ1n) is 13.9.